The quantitative estimate of drug-likeness (QED) is 0.798. The highest BCUT2D eigenvalue weighted by atomic mass is 16.3. The molecule has 2 heteroatoms. The van der Waals surface area contributed by atoms with Crippen LogP contribution in [0.1, 0.15) is 58.8 Å². The van der Waals surface area contributed by atoms with Gasteiger partial charge in [-0.15, -0.1) is 0 Å². The molecule has 1 unspecified atom stereocenters. The fourth-order valence-corrected chi connectivity index (χ4v) is 3.17. The molecule has 0 aromatic carbocycles. The predicted octanol–water partition coefficient (Wildman–Crippen LogP) is 2.80. The summed E-state index contributed by atoms with van der Waals surface area (Å²) in [6, 6.07) is 0. The first-order valence-corrected chi connectivity index (χ1v) is 7.05. The SMILES string of the molecule is CC(C)(C(O)C1CCC1)N1CCCCCC1. The van der Waals surface area contributed by atoms with Gasteiger partial charge in [0, 0.05) is 5.54 Å². The van der Waals surface area contributed by atoms with E-state index in [2.05, 4.69) is 18.7 Å². The zero-order valence-corrected chi connectivity index (χ0v) is 10.9. The molecule has 1 atom stereocenters. The van der Waals surface area contributed by atoms with Crippen LogP contribution in [-0.2, 0) is 0 Å². The molecule has 2 fully saturated rings. The van der Waals surface area contributed by atoms with E-state index in [0.29, 0.717) is 5.92 Å². The first-order valence-electron chi connectivity index (χ1n) is 7.05. The molecule has 0 amide bonds. The van der Waals surface area contributed by atoms with Crippen LogP contribution in [0.15, 0.2) is 0 Å². The molecule has 0 spiro atoms. The Labute approximate surface area is 100 Å². The third kappa shape index (κ3) is 2.43. The van der Waals surface area contributed by atoms with Crippen LogP contribution in [0.2, 0.25) is 0 Å². The summed E-state index contributed by atoms with van der Waals surface area (Å²) >= 11 is 0. The Kier molecular flexibility index (Phi) is 3.91. The van der Waals surface area contributed by atoms with E-state index in [-0.39, 0.29) is 11.6 Å². The Morgan fingerprint density at radius 3 is 2.00 bits per heavy atom. The molecule has 0 aromatic heterocycles. The summed E-state index contributed by atoms with van der Waals surface area (Å²) in [6.07, 6.45) is 9.01. The highest BCUT2D eigenvalue weighted by Crippen LogP contribution is 2.36. The van der Waals surface area contributed by atoms with Crippen molar-refractivity contribution in [3.05, 3.63) is 0 Å². The van der Waals surface area contributed by atoms with Crippen LogP contribution >= 0.6 is 0 Å². The first kappa shape index (κ1) is 12.4. The fraction of sp³-hybridized carbons (Fsp3) is 1.00. The van der Waals surface area contributed by atoms with Gasteiger partial charge in [0.25, 0.3) is 0 Å². The average molecular weight is 225 g/mol. The summed E-state index contributed by atoms with van der Waals surface area (Å²) in [7, 11) is 0. The van der Waals surface area contributed by atoms with Crippen molar-refractivity contribution in [2.75, 3.05) is 13.1 Å². The van der Waals surface area contributed by atoms with E-state index < -0.39 is 0 Å². The second-order valence-corrected chi connectivity index (χ2v) is 6.19. The van der Waals surface area contributed by atoms with Crippen LogP contribution in [0.3, 0.4) is 0 Å². The third-order valence-corrected chi connectivity index (χ3v) is 4.74. The average Bonchev–Trinajstić information content (AvgIpc) is 2.42. The molecule has 16 heavy (non-hydrogen) atoms. The summed E-state index contributed by atoms with van der Waals surface area (Å²) in [5.74, 6) is 0.568. The van der Waals surface area contributed by atoms with Gasteiger partial charge in [-0.25, -0.2) is 0 Å². The maximum absolute atomic E-state index is 10.5. The fourth-order valence-electron chi connectivity index (χ4n) is 3.17. The Morgan fingerprint density at radius 1 is 1.00 bits per heavy atom. The lowest BCUT2D eigenvalue weighted by atomic mass is 9.74. The van der Waals surface area contributed by atoms with Crippen molar-refractivity contribution in [2.24, 2.45) is 5.92 Å². The molecule has 1 saturated carbocycles. The third-order valence-electron chi connectivity index (χ3n) is 4.74. The van der Waals surface area contributed by atoms with E-state index >= 15 is 0 Å². The standard InChI is InChI=1S/C14H27NO/c1-14(2,13(16)12-8-7-9-12)15-10-5-3-4-6-11-15/h12-13,16H,3-11H2,1-2H3. The van der Waals surface area contributed by atoms with Gasteiger partial charge >= 0.3 is 0 Å². The minimum Gasteiger partial charge on any atom is -0.391 e. The normalized spacial score (nSPS) is 27.2. The second-order valence-electron chi connectivity index (χ2n) is 6.19. The Morgan fingerprint density at radius 2 is 1.56 bits per heavy atom. The summed E-state index contributed by atoms with van der Waals surface area (Å²) in [5, 5.41) is 10.5. The lowest BCUT2D eigenvalue weighted by Crippen LogP contribution is -2.56. The van der Waals surface area contributed by atoms with E-state index in [0.717, 1.165) is 0 Å². The molecule has 94 valence electrons. The molecule has 2 aliphatic rings. The van der Waals surface area contributed by atoms with Crippen molar-refractivity contribution in [1.82, 2.24) is 4.90 Å². The molecule has 1 saturated heterocycles. The van der Waals surface area contributed by atoms with Crippen LogP contribution in [0.4, 0.5) is 0 Å². The summed E-state index contributed by atoms with van der Waals surface area (Å²) in [6.45, 7) is 6.83. The van der Waals surface area contributed by atoms with E-state index in [1.54, 1.807) is 0 Å². The number of rotatable bonds is 3. The molecule has 0 bridgehead atoms. The maximum Gasteiger partial charge on any atom is 0.0746 e. The van der Waals surface area contributed by atoms with E-state index in [4.69, 9.17) is 0 Å². The molecule has 1 aliphatic heterocycles. The predicted molar refractivity (Wildman–Crippen MR) is 67.5 cm³/mol. The van der Waals surface area contributed by atoms with Crippen molar-refractivity contribution in [3.8, 4) is 0 Å². The monoisotopic (exact) mass is 225 g/mol. The van der Waals surface area contributed by atoms with Gasteiger partial charge in [-0.05, 0) is 58.5 Å². The van der Waals surface area contributed by atoms with Crippen LogP contribution in [-0.4, -0.2) is 34.7 Å². The van der Waals surface area contributed by atoms with Crippen LogP contribution < -0.4 is 0 Å². The second kappa shape index (κ2) is 5.05. The molecular formula is C14H27NO. The molecule has 1 aliphatic carbocycles. The van der Waals surface area contributed by atoms with Crippen molar-refractivity contribution in [1.29, 1.82) is 0 Å². The largest absolute Gasteiger partial charge is 0.391 e. The van der Waals surface area contributed by atoms with E-state index in [1.165, 1.54) is 58.0 Å². The van der Waals surface area contributed by atoms with Crippen LogP contribution in [0, 0.1) is 5.92 Å². The van der Waals surface area contributed by atoms with Gasteiger partial charge in [0.2, 0.25) is 0 Å². The van der Waals surface area contributed by atoms with Gasteiger partial charge in [0.05, 0.1) is 6.10 Å². The molecular weight excluding hydrogens is 198 g/mol. The number of aliphatic hydroxyl groups excluding tert-OH is 1. The van der Waals surface area contributed by atoms with Gasteiger partial charge in [-0.3, -0.25) is 4.90 Å². The zero-order valence-electron chi connectivity index (χ0n) is 10.9. The van der Waals surface area contributed by atoms with Crippen molar-refractivity contribution < 1.29 is 5.11 Å². The zero-order chi connectivity index (χ0) is 11.6. The highest BCUT2D eigenvalue weighted by Gasteiger charge is 2.40. The number of nitrogens with zero attached hydrogens (tertiary/aromatic N) is 1. The minimum absolute atomic E-state index is 0.0184. The summed E-state index contributed by atoms with van der Waals surface area (Å²) < 4.78 is 0. The number of hydrogen-bond acceptors (Lipinski definition) is 2. The smallest absolute Gasteiger partial charge is 0.0746 e. The number of likely N-dealkylation sites (tertiary alicyclic amines) is 1. The van der Waals surface area contributed by atoms with E-state index in [1.807, 2.05) is 0 Å². The molecule has 0 radical (unpaired) electrons. The molecule has 2 rings (SSSR count). The van der Waals surface area contributed by atoms with Gasteiger partial charge in [0.15, 0.2) is 0 Å². The lowest BCUT2D eigenvalue weighted by molar-refractivity contribution is -0.0605. The summed E-state index contributed by atoms with van der Waals surface area (Å²) in [5.41, 5.74) is -0.0184. The maximum atomic E-state index is 10.5. The van der Waals surface area contributed by atoms with E-state index in [9.17, 15) is 5.11 Å². The van der Waals surface area contributed by atoms with Crippen molar-refractivity contribution in [2.45, 2.75) is 70.4 Å². The molecule has 1 heterocycles. The number of hydrogen-bond donors (Lipinski definition) is 1. The Hall–Kier alpha value is -0.0800. The highest BCUT2D eigenvalue weighted by molar-refractivity contribution is 4.95. The molecule has 1 N–H and O–H groups in total. The van der Waals surface area contributed by atoms with Gasteiger partial charge in [-0.2, -0.15) is 0 Å². The first-order chi connectivity index (χ1) is 7.62. The molecule has 0 aromatic rings. The van der Waals surface area contributed by atoms with Gasteiger partial charge in [-0.1, -0.05) is 19.3 Å². The van der Waals surface area contributed by atoms with Crippen molar-refractivity contribution >= 4 is 0 Å². The number of aliphatic hydroxyl groups is 1. The van der Waals surface area contributed by atoms with Crippen LogP contribution in [0.25, 0.3) is 0 Å². The van der Waals surface area contributed by atoms with Crippen LogP contribution in [0.5, 0.6) is 0 Å². The Bertz CT molecular complexity index is 215. The van der Waals surface area contributed by atoms with Gasteiger partial charge < -0.3 is 5.11 Å². The minimum atomic E-state index is -0.126. The van der Waals surface area contributed by atoms with Gasteiger partial charge in [0.1, 0.15) is 0 Å². The summed E-state index contributed by atoms with van der Waals surface area (Å²) in [4.78, 5) is 2.53. The lowest BCUT2D eigenvalue weighted by Gasteiger charge is -2.46. The van der Waals surface area contributed by atoms with Crippen molar-refractivity contribution in [3.63, 3.8) is 0 Å². The topological polar surface area (TPSA) is 23.5 Å². The Balaban J connectivity index is 1.97. The molecule has 2 nitrogen and oxygen atoms in total.